The molecule has 1 saturated heterocycles. The standard InChI is InChI=1S/C17H19N5O3/c23-15-9-14(22-17(20-15)18-11-19-22)12-4-3-5-13(8-12)25-10-16(24)21-6-1-2-7-21/h3-5,8,11,14H,1-2,6-7,9-10H2,(H,18,19,20,23). The first kappa shape index (κ1) is 15.6. The van der Waals surface area contributed by atoms with Crippen LogP contribution in [0, 0.1) is 0 Å². The molecule has 0 aliphatic carbocycles. The fourth-order valence-electron chi connectivity index (χ4n) is 3.28. The number of rotatable bonds is 4. The molecule has 130 valence electrons. The van der Waals surface area contributed by atoms with Gasteiger partial charge in [0.2, 0.25) is 11.9 Å². The maximum absolute atomic E-state index is 12.1. The van der Waals surface area contributed by atoms with Crippen molar-refractivity contribution in [3.63, 3.8) is 0 Å². The molecule has 1 atom stereocenters. The molecule has 1 aromatic heterocycles. The van der Waals surface area contributed by atoms with Gasteiger partial charge in [0.15, 0.2) is 6.61 Å². The van der Waals surface area contributed by atoms with Gasteiger partial charge in [-0.1, -0.05) is 12.1 Å². The summed E-state index contributed by atoms with van der Waals surface area (Å²) in [4.78, 5) is 29.9. The van der Waals surface area contributed by atoms with Crippen molar-refractivity contribution in [1.29, 1.82) is 0 Å². The second kappa shape index (κ2) is 6.54. The number of anilines is 1. The van der Waals surface area contributed by atoms with Crippen LogP contribution in [0.1, 0.15) is 30.9 Å². The third-order valence-electron chi connectivity index (χ3n) is 4.56. The van der Waals surface area contributed by atoms with Gasteiger partial charge in [0.05, 0.1) is 12.5 Å². The van der Waals surface area contributed by atoms with Gasteiger partial charge >= 0.3 is 0 Å². The number of fused-ring (bicyclic) bond motifs is 1. The highest BCUT2D eigenvalue weighted by Crippen LogP contribution is 2.30. The van der Waals surface area contributed by atoms with E-state index in [-0.39, 0.29) is 30.9 Å². The highest BCUT2D eigenvalue weighted by Gasteiger charge is 2.28. The van der Waals surface area contributed by atoms with Crippen molar-refractivity contribution in [1.82, 2.24) is 19.7 Å². The van der Waals surface area contributed by atoms with E-state index in [1.165, 1.54) is 6.33 Å². The second-order valence-electron chi connectivity index (χ2n) is 6.25. The van der Waals surface area contributed by atoms with E-state index in [1.807, 2.05) is 29.2 Å². The molecule has 1 N–H and O–H groups in total. The number of aromatic nitrogens is 3. The number of carbonyl (C=O) groups excluding carboxylic acids is 2. The Hall–Kier alpha value is -2.90. The molecule has 3 heterocycles. The van der Waals surface area contributed by atoms with E-state index in [1.54, 1.807) is 4.68 Å². The normalized spacial score (nSPS) is 19.4. The molecule has 1 fully saturated rings. The van der Waals surface area contributed by atoms with Gasteiger partial charge in [0.25, 0.3) is 5.91 Å². The Morgan fingerprint density at radius 3 is 3.00 bits per heavy atom. The molecule has 0 saturated carbocycles. The molecule has 25 heavy (non-hydrogen) atoms. The zero-order valence-electron chi connectivity index (χ0n) is 13.7. The average molecular weight is 341 g/mol. The van der Waals surface area contributed by atoms with E-state index < -0.39 is 0 Å². The van der Waals surface area contributed by atoms with E-state index in [4.69, 9.17) is 4.74 Å². The third kappa shape index (κ3) is 3.19. The Bertz CT molecular complexity index is 797. The Kier molecular flexibility index (Phi) is 4.09. The molecule has 4 rings (SSSR count). The van der Waals surface area contributed by atoms with Crippen molar-refractivity contribution in [2.24, 2.45) is 0 Å². The van der Waals surface area contributed by atoms with E-state index in [0.717, 1.165) is 31.5 Å². The summed E-state index contributed by atoms with van der Waals surface area (Å²) in [5.41, 5.74) is 0.896. The molecule has 0 spiro atoms. The summed E-state index contributed by atoms with van der Waals surface area (Å²) in [5.74, 6) is 0.967. The van der Waals surface area contributed by atoms with Crippen molar-refractivity contribution < 1.29 is 14.3 Å². The number of hydrogen-bond donors (Lipinski definition) is 1. The van der Waals surface area contributed by atoms with Crippen LogP contribution in [-0.2, 0) is 9.59 Å². The summed E-state index contributed by atoms with van der Waals surface area (Å²) in [6.45, 7) is 1.66. The molecular formula is C17H19N5O3. The van der Waals surface area contributed by atoms with Gasteiger partial charge in [-0.2, -0.15) is 10.1 Å². The molecule has 2 aliphatic rings. The minimum atomic E-state index is -0.232. The second-order valence-corrected chi connectivity index (χ2v) is 6.25. The van der Waals surface area contributed by atoms with Crippen LogP contribution in [0.25, 0.3) is 0 Å². The van der Waals surface area contributed by atoms with Crippen LogP contribution in [0.2, 0.25) is 0 Å². The summed E-state index contributed by atoms with van der Waals surface area (Å²) in [5, 5.41) is 6.89. The first-order chi connectivity index (χ1) is 12.2. The number of nitrogens with one attached hydrogen (secondary N) is 1. The third-order valence-corrected chi connectivity index (χ3v) is 4.56. The molecule has 8 heteroatoms. The topological polar surface area (TPSA) is 89.4 Å². The smallest absolute Gasteiger partial charge is 0.260 e. The summed E-state index contributed by atoms with van der Waals surface area (Å²) in [6.07, 6.45) is 3.83. The van der Waals surface area contributed by atoms with Crippen molar-refractivity contribution in [2.75, 3.05) is 25.0 Å². The highest BCUT2D eigenvalue weighted by atomic mass is 16.5. The largest absolute Gasteiger partial charge is 0.484 e. The number of ether oxygens (including phenoxy) is 1. The van der Waals surface area contributed by atoms with Crippen molar-refractivity contribution in [3.8, 4) is 5.75 Å². The molecule has 2 aliphatic heterocycles. The quantitative estimate of drug-likeness (QED) is 0.903. The van der Waals surface area contributed by atoms with Crippen molar-refractivity contribution in [3.05, 3.63) is 36.2 Å². The van der Waals surface area contributed by atoms with Gasteiger partial charge in [-0.25, -0.2) is 4.68 Å². The predicted octanol–water partition coefficient (Wildman–Crippen LogP) is 1.21. The lowest BCUT2D eigenvalue weighted by molar-refractivity contribution is -0.132. The van der Waals surface area contributed by atoms with E-state index in [0.29, 0.717) is 11.7 Å². The molecule has 2 amide bonds. The Morgan fingerprint density at radius 2 is 2.16 bits per heavy atom. The average Bonchev–Trinajstić information content (AvgIpc) is 3.30. The van der Waals surface area contributed by atoms with E-state index in [2.05, 4.69) is 15.4 Å². The molecule has 0 bridgehead atoms. The number of likely N-dealkylation sites (tertiary alicyclic amines) is 1. The molecular weight excluding hydrogens is 322 g/mol. The lowest BCUT2D eigenvalue weighted by Crippen LogP contribution is -2.32. The van der Waals surface area contributed by atoms with Crippen molar-refractivity contribution in [2.45, 2.75) is 25.3 Å². The zero-order chi connectivity index (χ0) is 17.2. The van der Waals surface area contributed by atoms with Crippen LogP contribution in [0.5, 0.6) is 5.75 Å². The van der Waals surface area contributed by atoms with Gasteiger partial charge in [0.1, 0.15) is 12.1 Å². The summed E-state index contributed by atoms with van der Waals surface area (Å²) in [6, 6.07) is 7.21. The van der Waals surface area contributed by atoms with Crippen LogP contribution < -0.4 is 10.1 Å². The molecule has 1 aromatic carbocycles. The fourth-order valence-corrected chi connectivity index (χ4v) is 3.28. The maximum Gasteiger partial charge on any atom is 0.260 e. The number of hydrogen-bond acceptors (Lipinski definition) is 5. The van der Waals surface area contributed by atoms with Gasteiger partial charge in [-0.3, -0.25) is 14.9 Å². The lowest BCUT2D eigenvalue weighted by atomic mass is 10.0. The van der Waals surface area contributed by atoms with Gasteiger partial charge < -0.3 is 9.64 Å². The zero-order valence-corrected chi connectivity index (χ0v) is 13.7. The van der Waals surface area contributed by atoms with Crippen LogP contribution >= 0.6 is 0 Å². The SMILES string of the molecule is O=C1CC(c2cccc(OCC(=O)N3CCCC3)c2)n2ncnc2N1. The predicted molar refractivity (Wildman–Crippen MR) is 89.2 cm³/mol. The number of carbonyl (C=O) groups is 2. The van der Waals surface area contributed by atoms with E-state index in [9.17, 15) is 9.59 Å². The van der Waals surface area contributed by atoms with Gasteiger partial charge in [-0.05, 0) is 30.5 Å². The first-order valence-corrected chi connectivity index (χ1v) is 8.40. The Morgan fingerprint density at radius 1 is 1.32 bits per heavy atom. The monoisotopic (exact) mass is 341 g/mol. The number of benzene rings is 1. The van der Waals surface area contributed by atoms with Crippen LogP contribution in [0.4, 0.5) is 5.95 Å². The Balaban J connectivity index is 1.48. The van der Waals surface area contributed by atoms with Crippen LogP contribution in [-0.4, -0.2) is 51.2 Å². The highest BCUT2D eigenvalue weighted by molar-refractivity contribution is 5.91. The summed E-state index contributed by atoms with van der Waals surface area (Å²) < 4.78 is 7.36. The van der Waals surface area contributed by atoms with Crippen molar-refractivity contribution >= 4 is 17.8 Å². The number of amides is 2. The lowest BCUT2D eigenvalue weighted by Gasteiger charge is -2.24. The summed E-state index contributed by atoms with van der Waals surface area (Å²) in [7, 11) is 0. The molecule has 1 unspecified atom stereocenters. The van der Waals surface area contributed by atoms with Crippen LogP contribution in [0.15, 0.2) is 30.6 Å². The Labute approximate surface area is 144 Å². The van der Waals surface area contributed by atoms with Gasteiger partial charge in [0, 0.05) is 13.1 Å². The molecule has 2 aromatic rings. The van der Waals surface area contributed by atoms with E-state index >= 15 is 0 Å². The first-order valence-electron chi connectivity index (χ1n) is 8.40. The number of nitrogens with zero attached hydrogens (tertiary/aromatic N) is 4. The van der Waals surface area contributed by atoms with Crippen LogP contribution in [0.3, 0.4) is 0 Å². The summed E-state index contributed by atoms with van der Waals surface area (Å²) >= 11 is 0. The maximum atomic E-state index is 12.1. The fraction of sp³-hybridized carbons (Fsp3) is 0.412. The minimum Gasteiger partial charge on any atom is -0.484 e. The molecule has 8 nitrogen and oxygen atoms in total. The minimum absolute atomic E-state index is 0.0125. The van der Waals surface area contributed by atoms with Gasteiger partial charge in [-0.15, -0.1) is 0 Å². The molecule has 0 radical (unpaired) electrons.